The number of nitrogens with zero attached hydrogens (tertiary/aromatic N) is 3. The van der Waals surface area contributed by atoms with Gasteiger partial charge in [0.15, 0.2) is 0 Å². The van der Waals surface area contributed by atoms with Crippen LogP contribution in [0, 0.1) is 23.2 Å². The maximum absolute atomic E-state index is 13.2. The van der Waals surface area contributed by atoms with Gasteiger partial charge < -0.3 is 16.2 Å². The zero-order valence-corrected chi connectivity index (χ0v) is 17.9. The number of rotatable bonds is 6. The second-order valence-corrected chi connectivity index (χ2v) is 9.27. The quantitative estimate of drug-likeness (QED) is 0.492. The molecule has 1 aromatic rings. The van der Waals surface area contributed by atoms with Crippen molar-refractivity contribution >= 4 is 17.2 Å². The van der Waals surface area contributed by atoms with E-state index < -0.39 is 30.5 Å². The summed E-state index contributed by atoms with van der Waals surface area (Å²) in [6.45, 7) is 2.53. The minimum atomic E-state index is -4.68. The Bertz CT molecular complexity index is 982. The Morgan fingerprint density at radius 3 is 2.79 bits per heavy atom. The Hall–Kier alpha value is -2.27. The summed E-state index contributed by atoms with van der Waals surface area (Å²) in [7, 11) is 0. The zero-order chi connectivity index (χ0) is 23.5. The summed E-state index contributed by atoms with van der Waals surface area (Å²) >= 11 is 0. The highest BCUT2D eigenvalue weighted by molar-refractivity contribution is 6.10. The molecule has 2 heterocycles. The van der Waals surface area contributed by atoms with Crippen molar-refractivity contribution in [3.63, 3.8) is 0 Å². The molecule has 2 bridgehead atoms. The molecular weight excluding hydrogens is 445 g/mol. The van der Waals surface area contributed by atoms with Gasteiger partial charge in [0.2, 0.25) is 0 Å². The van der Waals surface area contributed by atoms with Gasteiger partial charge in [-0.3, -0.25) is 9.89 Å². The van der Waals surface area contributed by atoms with Crippen LogP contribution in [-0.2, 0) is 10.9 Å². The maximum Gasteiger partial charge on any atom is 0.419 e. The van der Waals surface area contributed by atoms with Crippen molar-refractivity contribution in [3.05, 3.63) is 29.5 Å². The third-order valence-electron chi connectivity index (χ3n) is 7.65. The first-order valence-corrected chi connectivity index (χ1v) is 11.1. The van der Waals surface area contributed by atoms with E-state index in [1.807, 2.05) is 0 Å². The molecule has 4 N–H and O–H groups in total. The molecule has 0 radical (unpaired) electrons. The van der Waals surface area contributed by atoms with E-state index in [9.17, 15) is 22.0 Å². The van der Waals surface area contributed by atoms with Crippen molar-refractivity contribution in [3.8, 4) is 0 Å². The lowest BCUT2D eigenvalue weighted by molar-refractivity contribution is -0.137. The number of ether oxygens (including phenoxy) is 1. The predicted molar refractivity (Wildman–Crippen MR) is 112 cm³/mol. The van der Waals surface area contributed by atoms with Crippen LogP contribution >= 0.6 is 0 Å². The molecular formula is C22H26F5N5O. The standard InChI is InChI=1S/C22H26F5N5O/c23-17(24)10-30-16(8-14(28)11-6-13(22(25,26)27)20(29)31-9-11)21-12-7-15(19(21)18(12)21)32-2-1-4-33-5-3-32/h6,8-9,12,15,17-19H,1-5,7,10,28H2,(H2,29,31). The summed E-state index contributed by atoms with van der Waals surface area (Å²) in [5.74, 6) is 0.405. The molecule has 6 nitrogen and oxygen atoms in total. The van der Waals surface area contributed by atoms with Crippen molar-refractivity contribution < 1.29 is 26.7 Å². The fourth-order valence-corrected chi connectivity index (χ4v) is 6.23. The van der Waals surface area contributed by atoms with Crippen LogP contribution in [-0.4, -0.2) is 60.9 Å². The fourth-order valence-electron chi connectivity index (χ4n) is 6.23. The summed E-state index contributed by atoms with van der Waals surface area (Å²) in [4.78, 5) is 10.2. The van der Waals surface area contributed by atoms with Gasteiger partial charge in [-0.05, 0) is 42.7 Å². The number of anilines is 1. The summed E-state index contributed by atoms with van der Waals surface area (Å²) in [6, 6.07) is 1.19. The maximum atomic E-state index is 13.2. The first-order valence-electron chi connectivity index (χ1n) is 11.1. The number of nitrogens with two attached hydrogens (primary N) is 2. The largest absolute Gasteiger partial charge is 0.419 e. The van der Waals surface area contributed by atoms with Gasteiger partial charge in [0.1, 0.15) is 12.4 Å². The van der Waals surface area contributed by atoms with Crippen LogP contribution in [0.3, 0.4) is 0 Å². The molecule has 180 valence electrons. The Balaban J connectivity index is 1.42. The highest BCUT2D eigenvalue weighted by Gasteiger charge is 2.93. The molecule has 1 aliphatic heterocycles. The number of nitrogen functional groups attached to an aromatic ring is 1. The number of aliphatic imine (C=N–C) groups is 1. The van der Waals surface area contributed by atoms with E-state index in [-0.39, 0.29) is 16.7 Å². The van der Waals surface area contributed by atoms with Crippen LogP contribution in [0.1, 0.15) is 24.0 Å². The molecule has 1 saturated heterocycles. The highest BCUT2D eigenvalue weighted by Crippen LogP contribution is 2.92. The van der Waals surface area contributed by atoms with E-state index in [4.69, 9.17) is 16.2 Å². The van der Waals surface area contributed by atoms with Gasteiger partial charge in [-0.25, -0.2) is 13.8 Å². The van der Waals surface area contributed by atoms with Crippen molar-refractivity contribution in [1.82, 2.24) is 9.88 Å². The lowest BCUT2D eigenvalue weighted by Crippen LogP contribution is -2.37. The van der Waals surface area contributed by atoms with Gasteiger partial charge in [0.05, 0.1) is 12.2 Å². The van der Waals surface area contributed by atoms with E-state index in [0.717, 1.165) is 44.8 Å². The van der Waals surface area contributed by atoms with Crippen molar-refractivity contribution in [2.45, 2.75) is 31.5 Å². The summed E-state index contributed by atoms with van der Waals surface area (Å²) < 4.78 is 71.2. The lowest BCUT2D eigenvalue weighted by atomic mass is 9.97. The molecule has 5 unspecified atom stereocenters. The van der Waals surface area contributed by atoms with E-state index >= 15 is 0 Å². The number of aromatic nitrogens is 1. The minimum Gasteiger partial charge on any atom is -0.398 e. The molecule has 33 heavy (non-hydrogen) atoms. The van der Waals surface area contributed by atoms with Crippen LogP contribution in [0.2, 0.25) is 0 Å². The Morgan fingerprint density at radius 2 is 2.09 bits per heavy atom. The van der Waals surface area contributed by atoms with E-state index in [0.29, 0.717) is 36.1 Å². The number of hydrogen-bond acceptors (Lipinski definition) is 6. The molecule has 5 fully saturated rings. The first kappa shape index (κ1) is 22.5. The Kier molecular flexibility index (Phi) is 5.39. The van der Waals surface area contributed by atoms with E-state index in [1.165, 1.54) is 6.08 Å². The van der Waals surface area contributed by atoms with Crippen molar-refractivity contribution in [1.29, 1.82) is 0 Å². The molecule has 5 atom stereocenters. The molecule has 6 rings (SSSR count). The third kappa shape index (κ3) is 3.69. The molecule has 11 heteroatoms. The van der Waals surface area contributed by atoms with Crippen LogP contribution < -0.4 is 11.5 Å². The number of fused-ring (bicyclic) bond motifs is 1. The minimum absolute atomic E-state index is 0.00654. The van der Waals surface area contributed by atoms with Gasteiger partial charge >= 0.3 is 6.18 Å². The van der Waals surface area contributed by atoms with Crippen molar-refractivity contribution in [2.75, 3.05) is 38.6 Å². The first-order chi connectivity index (χ1) is 15.7. The van der Waals surface area contributed by atoms with Crippen LogP contribution in [0.5, 0.6) is 0 Å². The van der Waals surface area contributed by atoms with Crippen LogP contribution in [0.15, 0.2) is 23.3 Å². The summed E-state index contributed by atoms with van der Waals surface area (Å²) in [6.07, 6.45) is -2.75. The smallest absolute Gasteiger partial charge is 0.398 e. The Labute approximate surface area is 187 Å². The molecule has 4 aliphatic carbocycles. The van der Waals surface area contributed by atoms with Crippen molar-refractivity contribution in [2.24, 2.45) is 33.9 Å². The fraction of sp³-hybridized carbons (Fsp3) is 0.636. The topological polar surface area (TPSA) is 89.8 Å². The average Bonchev–Trinajstić information content (AvgIpc) is 3.55. The van der Waals surface area contributed by atoms with E-state index in [1.54, 1.807) is 0 Å². The van der Waals surface area contributed by atoms with Crippen LogP contribution in [0.25, 0.3) is 5.70 Å². The molecule has 5 aliphatic rings. The van der Waals surface area contributed by atoms with Gasteiger partial charge in [0, 0.05) is 54.3 Å². The van der Waals surface area contributed by atoms with Gasteiger partial charge in [-0.2, -0.15) is 13.2 Å². The monoisotopic (exact) mass is 471 g/mol. The SMILES string of the molecule is NC(=CC(=NCC(F)F)C12C3CC(N4CCCOCC4)C1C32)c1cnc(N)c(C(F)(F)F)c1. The summed E-state index contributed by atoms with van der Waals surface area (Å²) in [5.41, 5.74) is 10.6. The lowest BCUT2D eigenvalue weighted by Gasteiger charge is -2.27. The number of alkyl halides is 5. The second kappa shape index (κ2) is 7.90. The molecule has 4 saturated carbocycles. The normalized spacial score (nSPS) is 34.4. The second-order valence-electron chi connectivity index (χ2n) is 9.27. The molecule has 0 amide bonds. The highest BCUT2D eigenvalue weighted by atomic mass is 19.4. The number of hydrogen-bond donors (Lipinski definition) is 2. The third-order valence-corrected chi connectivity index (χ3v) is 7.65. The van der Waals surface area contributed by atoms with Gasteiger partial charge in [-0.15, -0.1) is 0 Å². The molecule has 1 aromatic heterocycles. The summed E-state index contributed by atoms with van der Waals surface area (Å²) in [5, 5.41) is 0. The number of allylic oxidation sites excluding steroid dienone is 1. The van der Waals surface area contributed by atoms with Gasteiger partial charge in [0.25, 0.3) is 6.43 Å². The number of pyridine rings is 1. The number of halogens is 5. The average molecular weight is 471 g/mol. The van der Waals surface area contributed by atoms with Crippen LogP contribution in [0.4, 0.5) is 27.8 Å². The van der Waals surface area contributed by atoms with E-state index in [2.05, 4.69) is 14.9 Å². The van der Waals surface area contributed by atoms with Gasteiger partial charge in [-0.1, -0.05) is 0 Å². The predicted octanol–water partition coefficient (Wildman–Crippen LogP) is 3.05. The zero-order valence-electron chi connectivity index (χ0n) is 17.9. The Morgan fingerprint density at radius 1 is 1.30 bits per heavy atom. The molecule has 0 spiro atoms. The molecule has 0 aromatic carbocycles.